The van der Waals surface area contributed by atoms with Crippen LogP contribution < -0.4 is 10.6 Å². The summed E-state index contributed by atoms with van der Waals surface area (Å²) in [6, 6.07) is -0.454. The van der Waals surface area contributed by atoms with E-state index in [0.29, 0.717) is 5.75 Å². The highest BCUT2D eigenvalue weighted by Gasteiger charge is 2.23. The quantitative estimate of drug-likeness (QED) is 0.410. The largest absolute Gasteiger partial charge is 0.345 e. The number of carbonyl (C=O) groups excluding carboxylic acids is 2. The van der Waals surface area contributed by atoms with E-state index in [4.69, 9.17) is 0 Å². The molecule has 0 aromatic rings. The maximum Gasteiger partial charge on any atom is 0.243 e. The molecule has 4 nitrogen and oxygen atoms in total. The van der Waals surface area contributed by atoms with Crippen molar-refractivity contribution in [2.75, 3.05) is 12.3 Å². The van der Waals surface area contributed by atoms with Crippen LogP contribution in [0.25, 0.3) is 0 Å². The number of rotatable bonds is 1. The van der Waals surface area contributed by atoms with Crippen LogP contribution in [0, 0.1) is 0 Å². The molecule has 5 heteroatoms. The zero-order valence-electron chi connectivity index (χ0n) is 5.26. The van der Waals surface area contributed by atoms with Crippen LogP contribution in [0.15, 0.2) is 0 Å². The van der Waals surface area contributed by atoms with Gasteiger partial charge >= 0.3 is 0 Å². The van der Waals surface area contributed by atoms with Crippen molar-refractivity contribution in [3.05, 3.63) is 0 Å². The van der Waals surface area contributed by atoms with Gasteiger partial charge in [-0.25, -0.2) is 0 Å². The molecule has 10 heavy (non-hydrogen) atoms. The molecule has 0 aromatic carbocycles. The van der Waals surface area contributed by atoms with E-state index < -0.39 is 6.04 Å². The molecule has 1 unspecified atom stereocenters. The Morgan fingerprint density at radius 3 is 2.80 bits per heavy atom. The van der Waals surface area contributed by atoms with Gasteiger partial charge in [0.1, 0.15) is 6.04 Å². The number of piperazine rings is 1. The van der Waals surface area contributed by atoms with Gasteiger partial charge in [0.05, 0.1) is 6.54 Å². The number of hydrogen-bond acceptors (Lipinski definition) is 3. The van der Waals surface area contributed by atoms with Gasteiger partial charge in [-0.3, -0.25) is 9.59 Å². The average molecular weight is 160 g/mol. The first-order valence-electron chi connectivity index (χ1n) is 2.92. The first-order valence-corrected chi connectivity index (χ1v) is 3.55. The van der Waals surface area contributed by atoms with Crippen molar-refractivity contribution in [3.8, 4) is 0 Å². The summed E-state index contributed by atoms with van der Waals surface area (Å²) in [6.45, 7) is 0.0864. The predicted octanol–water partition coefficient (Wildman–Crippen LogP) is -1.47. The lowest BCUT2D eigenvalue weighted by Gasteiger charge is -2.20. The molecule has 1 aliphatic heterocycles. The van der Waals surface area contributed by atoms with Crippen molar-refractivity contribution >= 4 is 24.4 Å². The molecule has 1 saturated heterocycles. The van der Waals surface area contributed by atoms with E-state index in [9.17, 15) is 9.59 Å². The fraction of sp³-hybridized carbons (Fsp3) is 0.600. The van der Waals surface area contributed by atoms with Gasteiger partial charge < -0.3 is 10.6 Å². The second kappa shape index (κ2) is 2.92. The zero-order valence-corrected chi connectivity index (χ0v) is 6.15. The molecule has 1 aliphatic rings. The number of nitrogens with one attached hydrogen (secondary N) is 2. The first kappa shape index (κ1) is 7.40. The van der Waals surface area contributed by atoms with Crippen LogP contribution in [-0.4, -0.2) is 30.2 Å². The Morgan fingerprint density at radius 1 is 1.60 bits per heavy atom. The Kier molecular flexibility index (Phi) is 2.16. The minimum Gasteiger partial charge on any atom is -0.345 e. The molecule has 0 spiro atoms. The summed E-state index contributed by atoms with van der Waals surface area (Å²) in [5.74, 6) is 0.0330. The minimum atomic E-state index is -0.454. The molecule has 1 fully saturated rings. The molecular weight excluding hydrogens is 152 g/mol. The zero-order chi connectivity index (χ0) is 7.56. The lowest BCUT2D eigenvalue weighted by molar-refractivity contribution is -0.133. The van der Waals surface area contributed by atoms with E-state index in [2.05, 4.69) is 23.3 Å². The van der Waals surface area contributed by atoms with Crippen LogP contribution in [0.2, 0.25) is 0 Å². The molecule has 2 amide bonds. The van der Waals surface area contributed by atoms with Crippen LogP contribution in [-0.2, 0) is 9.59 Å². The molecule has 56 valence electrons. The van der Waals surface area contributed by atoms with E-state index in [-0.39, 0.29) is 18.4 Å². The maximum absolute atomic E-state index is 10.8. The third kappa shape index (κ3) is 1.41. The number of thiol groups is 1. The van der Waals surface area contributed by atoms with Crippen LogP contribution in [0.4, 0.5) is 0 Å². The van der Waals surface area contributed by atoms with Gasteiger partial charge in [0.25, 0.3) is 0 Å². The molecule has 1 atom stereocenters. The normalized spacial score (nSPS) is 25.5. The Labute approximate surface area is 63.8 Å². The second-order valence-electron chi connectivity index (χ2n) is 2.02. The van der Waals surface area contributed by atoms with Gasteiger partial charge in [0, 0.05) is 5.75 Å². The molecule has 2 N–H and O–H groups in total. The van der Waals surface area contributed by atoms with Gasteiger partial charge in [-0.15, -0.1) is 0 Å². The molecule has 1 heterocycles. The van der Waals surface area contributed by atoms with Crippen molar-refractivity contribution in [1.29, 1.82) is 0 Å². The highest BCUT2D eigenvalue weighted by molar-refractivity contribution is 7.80. The fourth-order valence-electron chi connectivity index (χ4n) is 0.730. The molecule has 0 saturated carbocycles. The topological polar surface area (TPSA) is 58.2 Å². The Balaban J connectivity index is 2.53. The number of amides is 2. The smallest absolute Gasteiger partial charge is 0.243 e. The summed E-state index contributed by atoms with van der Waals surface area (Å²) in [5.41, 5.74) is 0. The lowest BCUT2D eigenvalue weighted by Crippen LogP contribution is -2.56. The van der Waals surface area contributed by atoms with E-state index >= 15 is 0 Å². The van der Waals surface area contributed by atoms with Crippen molar-refractivity contribution < 1.29 is 9.59 Å². The predicted molar refractivity (Wildman–Crippen MR) is 38.8 cm³/mol. The van der Waals surface area contributed by atoms with Crippen molar-refractivity contribution in [3.63, 3.8) is 0 Å². The lowest BCUT2D eigenvalue weighted by atomic mass is 10.2. The van der Waals surface area contributed by atoms with Crippen LogP contribution in [0.5, 0.6) is 0 Å². The molecule has 0 bridgehead atoms. The standard InChI is InChI=1S/C5H8N2O2S/c8-4-1-6-5(9)3(2-10)7-4/h3,10H,1-2H2,(H,6,9)(H,7,8). The van der Waals surface area contributed by atoms with E-state index in [1.807, 2.05) is 0 Å². The second-order valence-corrected chi connectivity index (χ2v) is 2.39. The van der Waals surface area contributed by atoms with Crippen molar-refractivity contribution in [2.24, 2.45) is 0 Å². The molecule has 1 rings (SSSR count). The van der Waals surface area contributed by atoms with E-state index in [0.717, 1.165) is 0 Å². The average Bonchev–Trinajstić information content (AvgIpc) is 1.94. The Bertz CT molecular complexity index is 171. The van der Waals surface area contributed by atoms with Crippen LogP contribution in [0.1, 0.15) is 0 Å². The fourth-order valence-corrected chi connectivity index (χ4v) is 0.987. The third-order valence-corrected chi connectivity index (χ3v) is 1.62. The highest BCUT2D eigenvalue weighted by Crippen LogP contribution is 1.91. The Morgan fingerprint density at radius 2 is 2.30 bits per heavy atom. The SMILES string of the molecule is O=C1CNC(=O)C(CS)N1. The number of hydrogen-bond donors (Lipinski definition) is 3. The summed E-state index contributed by atoms with van der Waals surface area (Å²) in [5, 5.41) is 4.92. The van der Waals surface area contributed by atoms with Crippen molar-refractivity contribution in [2.45, 2.75) is 6.04 Å². The Hall–Kier alpha value is -0.710. The minimum absolute atomic E-state index is 0.0864. The van der Waals surface area contributed by atoms with Gasteiger partial charge in [-0.05, 0) is 0 Å². The molecule has 0 aliphatic carbocycles. The first-order chi connectivity index (χ1) is 4.74. The van der Waals surface area contributed by atoms with Gasteiger partial charge in [-0.1, -0.05) is 0 Å². The summed E-state index contributed by atoms with van der Waals surface area (Å²) < 4.78 is 0. The number of carbonyl (C=O) groups is 2. The third-order valence-electron chi connectivity index (χ3n) is 1.26. The van der Waals surface area contributed by atoms with Crippen molar-refractivity contribution in [1.82, 2.24) is 10.6 Å². The summed E-state index contributed by atoms with van der Waals surface area (Å²) in [6.07, 6.45) is 0. The molecular formula is C5H8N2O2S. The van der Waals surface area contributed by atoms with E-state index in [1.54, 1.807) is 0 Å². The van der Waals surface area contributed by atoms with Crippen LogP contribution in [0.3, 0.4) is 0 Å². The van der Waals surface area contributed by atoms with E-state index in [1.165, 1.54) is 0 Å². The summed E-state index contributed by atoms with van der Waals surface area (Å²) in [4.78, 5) is 21.4. The highest BCUT2D eigenvalue weighted by atomic mass is 32.1. The molecule has 0 aromatic heterocycles. The summed E-state index contributed by atoms with van der Waals surface area (Å²) in [7, 11) is 0. The van der Waals surface area contributed by atoms with Crippen LogP contribution >= 0.6 is 12.6 Å². The monoisotopic (exact) mass is 160 g/mol. The maximum atomic E-state index is 10.8. The summed E-state index contributed by atoms with van der Waals surface area (Å²) >= 11 is 3.89. The van der Waals surface area contributed by atoms with Gasteiger partial charge in [-0.2, -0.15) is 12.6 Å². The molecule has 0 radical (unpaired) electrons. The van der Waals surface area contributed by atoms with Gasteiger partial charge in [0.15, 0.2) is 0 Å². The van der Waals surface area contributed by atoms with Gasteiger partial charge in [0.2, 0.25) is 11.8 Å².